The standard InChI is InChI=1S/C25H22ClN5O2/c1-25(2,3)18-8-4-17(5-9-18)23-27-22(33-29-23)15-30-12-13-31-21(24(30)32)14-20(28-31)16-6-10-19(26)11-7-16/h4-14H,15H2,1-3H3. The number of rotatable bonds is 4. The first kappa shape index (κ1) is 21.2. The molecule has 0 radical (unpaired) electrons. The van der Waals surface area contributed by atoms with Crippen LogP contribution in [0.15, 0.2) is 76.3 Å². The molecule has 0 amide bonds. The second-order valence-electron chi connectivity index (χ2n) is 8.94. The third kappa shape index (κ3) is 4.19. The van der Waals surface area contributed by atoms with Crippen LogP contribution >= 0.6 is 11.6 Å². The van der Waals surface area contributed by atoms with Gasteiger partial charge in [0.2, 0.25) is 11.7 Å². The minimum Gasteiger partial charge on any atom is -0.337 e. The molecule has 0 aliphatic heterocycles. The Hall–Kier alpha value is -3.71. The van der Waals surface area contributed by atoms with E-state index in [0.717, 1.165) is 11.1 Å². The number of aromatic nitrogens is 5. The molecule has 2 aromatic carbocycles. The maximum atomic E-state index is 13.0. The van der Waals surface area contributed by atoms with E-state index in [9.17, 15) is 4.79 Å². The van der Waals surface area contributed by atoms with Crippen molar-refractivity contribution in [1.29, 1.82) is 0 Å². The van der Waals surface area contributed by atoms with Gasteiger partial charge in [0, 0.05) is 28.5 Å². The van der Waals surface area contributed by atoms with Crippen LogP contribution in [0.2, 0.25) is 5.02 Å². The van der Waals surface area contributed by atoms with Crippen LogP contribution in [-0.4, -0.2) is 24.3 Å². The fourth-order valence-electron chi connectivity index (χ4n) is 3.61. The normalized spacial score (nSPS) is 11.9. The van der Waals surface area contributed by atoms with Gasteiger partial charge in [-0.25, -0.2) is 4.52 Å². The van der Waals surface area contributed by atoms with Gasteiger partial charge in [0.25, 0.3) is 5.56 Å². The van der Waals surface area contributed by atoms with Crippen LogP contribution in [0.1, 0.15) is 32.2 Å². The molecule has 8 heteroatoms. The summed E-state index contributed by atoms with van der Waals surface area (Å²) in [5.41, 5.74) is 4.01. The summed E-state index contributed by atoms with van der Waals surface area (Å²) in [6.45, 7) is 6.68. The highest BCUT2D eigenvalue weighted by Crippen LogP contribution is 2.25. The maximum Gasteiger partial charge on any atom is 0.277 e. The summed E-state index contributed by atoms with van der Waals surface area (Å²) in [5.74, 6) is 0.850. The Balaban J connectivity index is 1.40. The van der Waals surface area contributed by atoms with E-state index in [1.807, 2.05) is 24.3 Å². The van der Waals surface area contributed by atoms with E-state index in [1.165, 1.54) is 10.1 Å². The summed E-state index contributed by atoms with van der Waals surface area (Å²) in [6.07, 6.45) is 3.40. The molecule has 0 saturated heterocycles. The van der Waals surface area contributed by atoms with Gasteiger partial charge in [-0.1, -0.05) is 73.9 Å². The summed E-state index contributed by atoms with van der Waals surface area (Å²) in [7, 11) is 0. The molecule has 0 N–H and O–H groups in total. The number of halogens is 1. The second-order valence-corrected chi connectivity index (χ2v) is 9.37. The molecule has 0 unspecified atom stereocenters. The smallest absolute Gasteiger partial charge is 0.277 e. The highest BCUT2D eigenvalue weighted by molar-refractivity contribution is 6.30. The topological polar surface area (TPSA) is 78.2 Å². The van der Waals surface area contributed by atoms with Crippen molar-refractivity contribution in [2.24, 2.45) is 0 Å². The maximum absolute atomic E-state index is 13.0. The Morgan fingerprint density at radius 2 is 1.67 bits per heavy atom. The van der Waals surface area contributed by atoms with Crippen LogP contribution in [0, 0.1) is 0 Å². The highest BCUT2D eigenvalue weighted by Gasteiger charge is 2.16. The zero-order valence-corrected chi connectivity index (χ0v) is 19.2. The molecule has 3 heterocycles. The monoisotopic (exact) mass is 459 g/mol. The van der Waals surface area contributed by atoms with Crippen molar-refractivity contribution >= 4 is 17.1 Å². The van der Waals surface area contributed by atoms with Gasteiger partial charge in [-0.05, 0) is 29.2 Å². The lowest BCUT2D eigenvalue weighted by Gasteiger charge is -2.18. The van der Waals surface area contributed by atoms with Gasteiger partial charge in [-0.15, -0.1) is 0 Å². The lowest BCUT2D eigenvalue weighted by Crippen LogP contribution is -2.21. The van der Waals surface area contributed by atoms with E-state index in [1.54, 1.807) is 35.1 Å². The largest absolute Gasteiger partial charge is 0.337 e. The number of hydrogen-bond donors (Lipinski definition) is 0. The Kier molecular flexibility index (Phi) is 5.13. The molecular formula is C25H22ClN5O2. The molecule has 7 nitrogen and oxygen atoms in total. The minimum absolute atomic E-state index is 0.0713. The van der Waals surface area contributed by atoms with Gasteiger partial charge in [0.1, 0.15) is 12.1 Å². The average Bonchev–Trinajstić information content (AvgIpc) is 3.44. The van der Waals surface area contributed by atoms with Crippen LogP contribution in [0.3, 0.4) is 0 Å². The molecule has 0 bridgehead atoms. The Morgan fingerprint density at radius 1 is 0.970 bits per heavy atom. The van der Waals surface area contributed by atoms with Gasteiger partial charge in [-0.2, -0.15) is 10.1 Å². The molecule has 0 aliphatic carbocycles. The predicted octanol–water partition coefficient (Wildman–Crippen LogP) is 5.21. The van der Waals surface area contributed by atoms with Crippen LogP contribution in [0.4, 0.5) is 0 Å². The van der Waals surface area contributed by atoms with Crippen molar-refractivity contribution in [2.75, 3.05) is 0 Å². The van der Waals surface area contributed by atoms with E-state index in [4.69, 9.17) is 16.1 Å². The first-order valence-electron chi connectivity index (χ1n) is 10.6. The SMILES string of the molecule is CC(C)(C)c1ccc(-c2noc(Cn3ccn4nc(-c5ccc(Cl)cc5)cc4c3=O)n2)cc1. The van der Waals surface area contributed by atoms with Crippen LogP contribution in [0.5, 0.6) is 0 Å². The molecule has 3 aromatic heterocycles. The summed E-state index contributed by atoms with van der Waals surface area (Å²) in [6, 6.07) is 17.2. The molecule has 33 heavy (non-hydrogen) atoms. The molecular weight excluding hydrogens is 438 g/mol. The van der Waals surface area contributed by atoms with Crippen molar-refractivity contribution in [3.8, 4) is 22.6 Å². The lowest BCUT2D eigenvalue weighted by atomic mass is 9.87. The van der Waals surface area contributed by atoms with Crippen LogP contribution in [0.25, 0.3) is 28.2 Å². The molecule has 5 rings (SSSR count). The van der Waals surface area contributed by atoms with Crippen molar-refractivity contribution < 1.29 is 4.52 Å². The molecule has 0 fully saturated rings. The predicted molar refractivity (Wildman–Crippen MR) is 127 cm³/mol. The van der Waals surface area contributed by atoms with E-state index in [2.05, 4.69) is 48.1 Å². The van der Waals surface area contributed by atoms with Crippen LogP contribution < -0.4 is 5.56 Å². The summed E-state index contributed by atoms with van der Waals surface area (Å²) < 4.78 is 8.52. The minimum atomic E-state index is -0.195. The molecule has 0 aliphatic rings. The van der Waals surface area contributed by atoms with E-state index >= 15 is 0 Å². The number of hydrogen-bond acceptors (Lipinski definition) is 5. The van der Waals surface area contributed by atoms with Gasteiger partial charge in [-0.3, -0.25) is 4.79 Å². The van der Waals surface area contributed by atoms with E-state index < -0.39 is 0 Å². The Labute approximate surface area is 195 Å². The van der Waals surface area contributed by atoms with Crippen molar-refractivity contribution in [1.82, 2.24) is 24.3 Å². The lowest BCUT2D eigenvalue weighted by molar-refractivity contribution is 0.370. The van der Waals surface area contributed by atoms with Gasteiger partial charge in [0.05, 0.1) is 5.69 Å². The second kappa shape index (κ2) is 8.01. The Morgan fingerprint density at radius 3 is 2.36 bits per heavy atom. The third-order valence-corrected chi connectivity index (χ3v) is 5.78. The van der Waals surface area contributed by atoms with Crippen molar-refractivity contribution in [2.45, 2.75) is 32.7 Å². The summed E-state index contributed by atoms with van der Waals surface area (Å²) in [5, 5.41) is 9.23. The van der Waals surface area contributed by atoms with E-state index in [0.29, 0.717) is 27.9 Å². The summed E-state index contributed by atoms with van der Waals surface area (Å²) >= 11 is 5.97. The molecule has 0 saturated carbocycles. The average molecular weight is 460 g/mol. The molecule has 5 aromatic rings. The molecule has 166 valence electrons. The fraction of sp³-hybridized carbons (Fsp3) is 0.200. The van der Waals surface area contributed by atoms with Gasteiger partial charge < -0.3 is 9.09 Å². The van der Waals surface area contributed by atoms with Crippen molar-refractivity contribution in [3.63, 3.8) is 0 Å². The first-order valence-corrected chi connectivity index (χ1v) is 10.9. The molecule has 0 spiro atoms. The number of fused-ring (bicyclic) bond motifs is 1. The summed E-state index contributed by atoms with van der Waals surface area (Å²) in [4.78, 5) is 17.5. The number of benzene rings is 2. The zero-order chi connectivity index (χ0) is 23.2. The van der Waals surface area contributed by atoms with Crippen LogP contribution in [-0.2, 0) is 12.0 Å². The zero-order valence-electron chi connectivity index (χ0n) is 18.5. The fourth-order valence-corrected chi connectivity index (χ4v) is 3.74. The Bertz CT molecular complexity index is 1490. The van der Waals surface area contributed by atoms with Gasteiger partial charge in [0.15, 0.2) is 0 Å². The number of nitrogens with zero attached hydrogens (tertiary/aromatic N) is 5. The quantitative estimate of drug-likeness (QED) is 0.368. The van der Waals surface area contributed by atoms with Crippen molar-refractivity contribution in [3.05, 3.63) is 93.8 Å². The van der Waals surface area contributed by atoms with Gasteiger partial charge >= 0.3 is 0 Å². The molecule has 0 atom stereocenters. The first-order chi connectivity index (χ1) is 15.8. The highest BCUT2D eigenvalue weighted by atomic mass is 35.5. The third-order valence-electron chi connectivity index (χ3n) is 5.53. The van der Waals surface area contributed by atoms with E-state index in [-0.39, 0.29) is 17.5 Å².